The number of fused-ring (bicyclic) bond motifs is 2. The van der Waals surface area contributed by atoms with Crippen molar-refractivity contribution < 1.29 is 13.9 Å². The minimum atomic E-state index is -0.776. The van der Waals surface area contributed by atoms with E-state index in [4.69, 9.17) is 26.2 Å². The first kappa shape index (κ1) is 23.7. The van der Waals surface area contributed by atoms with E-state index >= 15 is 0 Å². The Balaban J connectivity index is 1.36. The van der Waals surface area contributed by atoms with E-state index in [-0.39, 0.29) is 6.61 Å². The molecule has 6 rings (SSSR count). The molecular weight excluding hydrogens is 497 g/mol. The van der Waals surface area contributed by atoms with Crippen LogP contribution in [0.4, 0.5) is 4.39 Å². The van der Waals surface area contributed by atoms with E-state index < -0.39 is 11.4 Å². The number of nitrogens with zero attached hydrogens (tertiary/aromatic N) is 7. The fourth-order valence-electron chi connectivity index (χ4n) is 5.24. The number of hydrogen-bond acceptors (Lipinski definition) is 7. The highest BCUT2D eigenvalue weighted by molar-refractivity contribution is 6.34. The minimum absolute atomic E-state index is 0.189. The molecule has 6 heterocycles. The minimum Gasteiger partial charge on any atom is -0.488 e. The molecular formula is C26H25ClFN7O2. The van der Waals surface area contributed by atoms with Crippen LogP contribution >= 0.6 is 11.6 Å². The lowest BCUT2D eigenvalue weighted by molar-refractivity contribution is -0.0382. The summed E-state index contributed by atoms with van der Waals surface area (Å²) in [7, 11) is 0. The summed E-state index contributed by atoms with van der Waals surface area (Å²) in [6, 6.07) is 4.97. The maximum Gasteiger partial charge on any atom is 0.179 e. The van der Waals surface area contributed by atoms with Crippen molar-refractivity contribution in [1.29, 1.82) is 5.26 Å². The van der Waals surface area contributed by atoms with Crippen molar-refractivity contribution in [3.05, 3.63) is 64.6 Å². The van der Waals surface area contributed by atoms with Crippen LogP contribution in [0.2, 0.25) is 5.02 Å². The second-order valence-electron chi connectivity index (χ2n) is 9.46. The summed E-state index contributed by atoms with van der Waals surface area (Å²) in [4.78, 5) is 6.05. The lowest BCUT2D eigenvalue weighted by atomic mass is 9.96. The van der Waals surface area contributed by atoms with Crippen LogP contribution in [0, 0.1) is 24.2 Å². The molecule has 0 aromatic carbocycles. The predicted octanol–water partition coefficient (Wildman–Crippen LogP) is 4.12. The van der Waals surface area contributed by atoms with E-state index in [1.165, 1.54) is 12.3 Å². The Kier molecular flexibility index (Phi) is 5.97. The number of ether oxygens (including phenoxy) is 2. The number of aromatic nitrogens is 5. The van der Waals surface area contributed by atoms with Gasteiger partial charge in [-0.05, 0) is 43.5 Å². The van der Waals surface area contributed by atoms with Crippen LogP contribution in [0.25, 0.3) is 16.8 Å². The molecule has 0 spiro atoms. The first-order valence-electron chi connectivity index (χ1n) is 12.2. The quantitative estimate of drug-likeness (QED) is 0.365. The van der Waals surface area contributed by atoms with Crippen molar-refractivity contribution in [3.8, 4) is 23.2 Å². The predicted molar refractivity (Wildman–Crippen MR) is 134 cm³/mol. The van der Waals surface area contributed by atoms with Crippen LogP contribution < -0.4 is 4.74 Å². The average molecular weight is 522 g/mol. The molecule has 1 atom stereocenters. The van der Waals surface area contributed by atoms with Crippen molar-refractivity contribution in [2.75, 3.05) is 26.3 Å². The summed E-state index contributed by atoms with van der Waals surface area (Å²) in [6.45, 7) is 4.77. The number of nitriles is 1. The van der Waals surface area contributed by atoms with Gasteiger partial charge in [0.15, 0.2) is 6.19 Å². The van der Waals surface area contributed by atoms with Gasteiger partial charge in [0.2, 0.25) is 0 Å². The largest absolute Gasteiger partial charge is 0.488 e. The normalized spacial score (nSPS) is 19.6. The van der Waals surface area contributed by atoms with E-state index in [2.05, 4.69) is 23.2 Å². The van der Waals surface area contributed by atoms with Gasteiger partial charge in [0.25, 0.3) is 0 Å². The van der Waals surface area contributed by atoms with Crippen molar-refractivity contribution in [2.45, 2.75) is 38.3 Å². The summed E-state index contributed by atoms with van der Waals surface area (Å²) in [6.07, 6.45) is 9.23. The summed E-state index contributed by atoms with van der Waals surface area (Å²) in [5.41, 5.74) is 4.38. The van der Waals surface area contributed by atoms with E-state index in [0.717, 1.165) is 35.4 Å². The molecule has 190 valence electrons. The molecule has 2 aliphatic heterocycles. The Morgan fingerprint density at radius 1 is 1.27 bits per heavy atom. The Bertz CT molecular complexity index is 1500. The number of rotatable bonds is 5. The van der Waals surface area contributed by atoms with E-state index in [1.54, 1.807) is 21.7 Å². The van der Waals surface area contributed by atoms with Gasteiger partial charge in [-0.25, -0.2) is 8.91 Å². The van der Waals surface area contributed by atoms with E-state index in [9.17, 15) is 9.65 Å². The van der Waals surface area contributed by atoms with Gasteiger partial charge in [0.1, 0.15) is 29.3 Å². The fourth-order valence-corrected chi connectivity index (χ4v) is 5.47. The van der Waals surface area contributed by atoms with E-state index in [1.807, 2.05) is 16.9 Å². The fraction of sp³-hybridized carbons (Fsp3) is 0.385. The molecule has 9 nitrogen and oxygen atoms in total. The zero-order valence-corrected chi connectivity index (χ0v) is 21.1. The number of hydrogen-bond donors (Lipinski definition) is 0. The first-order valence-corrected chi connectivity index (χ1v) is 12.6. The first-order chi connectivity index (χ1) is 18.0. The molecule has 1 unspecified atom stereocenters. The summed E-state index contributed by atoms with van der Waals surface area (Å²) >= 11 is 6.50. The molecule has 0 aliphatic carbocycles. The standard InChI is InChI=1S/C26H25ClFN7O2/c1-17-21-5-7-33(16-29)8-9-34(21)32-24(17)18-11-22(25-20(27)13-31-35(25)14-18)36-15-26(6-2-10-37-26)23-4-3-19(28)12-30-23/h3-4,11-14H,2,5-10,15H2,1H3. The van der Waals surface area contributed by atoms with Crippen molar-refractivity contribution in [2.24, 2.45) is 0 Å². The van der Waals surface area contributed by atoms with Gasteiger partial charge in [-0.3, -0.25) is 9.67 Å². The number of halogens is 2. The Morgan fingerprint density at radius 3 is 2.92 bits per heavy atom. The lowest BCUT2D eigenvalue weighted by Gasteiger charge is -2.28. The van der Waals surface area contributed by atoms with Crippen LogP contribution in [-0.2, 0) is 23.3 Å². The molecule has 0 N–H and O–H groups in total. The van der Waals surface area contributed by atoms with Crippen molar-refractivity contribution in [1.82, 2.24) is 29.3 Å². The molecule has 0 radical (unpaired) electrons. The zero-order chi connectivity index (χ0) is 25.6. The highest BCUT2D eigenvalue weighted by atomic mass is 35.5. The van der Waals surface area contributed by atoms with Gasteiger partial charge in [-0.2, -0.15) is 15.5 Å². The smallest absolute Gasteiger partial charge is 0.179 e. The second kappa shape index (κ2) is 9.32. The van der Waals surface area contributed by atoms with Gasteiger partial charge in [0.05, 0.1) is 35.3 Å². The maximum absolute atomic E-state index is 13.5. The molecule has 1 fully saturated rings. The SMILES string of the molecule is Cc1c(-c2cc(OCC3(c4ccc(F)cn4)CCCO3)c3c(Cl)cnn3c2)nn2c1CCN(C#N)CC2. The van der Waals surface area contributed by atoms with Crippen LogP contribution in [-0.4, -0.2) is 55.6 Å². The van der Waals surface area contributed by atoms with Gasteiger partial charge in [-0.1, -0.05) is 11.6 Å². The van der Waals surface area contributed by atoms with Crippen LogP contribution in [0.3, 0.4) is 0 Å². The van der Waals surface area contributed by atoms with Gasteiger partial charge >= 0.3 is 0 Å². The van der Waals surface area contributed by atoms with Crippen LogP contribution in [0.1, 0.15) is 29.8 Å². The topological polar surface area (TPSA) is 93.5 Å². The molecule has 4 aromatic rings. The molecule has 37 heavy (non-hydrogen) atoms. The Morgan fingerprint density at radius 2 is 2.16 bits per heavy atom. The van der Waals surface area contributed by atoms with Crippen LogP contribution in [0.5, 0.6) is 5.75 Å². The molecule has 0 bridgehead atoms. The number of pyridine rings is 2. The highest BCUT2D eigenvalue weighted by Crippen LogP contribution is 2.38. The van der Waals surface area contributed by atoms with E-state index in [0.29, 0.717) is 54.6 Å². The molecule has 1 saturated heterocycles. The van der Waals surface area contributed by atoms with Crippen LogP contribution in [0.15, 0.2) is 36.8 Å². The third kappa shape index (κ3) is 4.18. The maximum atomic E-state index is 13.5. The Labute approximate surface area is 218 Å². The third-order valence-corrected chi connectivity index (χ3v) is 7.50. The molecule has 0 amide bonds. The monoisotopic (exact) mass is 521 g/mol. The highest BCUT2D eigenvalue weighted by Gasteiger charge is 2.40. The summed E-state index contributed by atoms with van der Waals surface area (Å²) in [5, 5.41) is 19.1. The van der Waals surface area contributed by atoms with Crippen molar-refractivity contribution in [3.63, 3.8) is 0 Å². The van der Waals surface area contributed by atoms with Gasteiger partial charge < -0.3 is 14.4 Å². The summed E-state index contributed by atoms with van der Waals surface area (Å²) < 4.78 is 29.7. The lowest BCUT2D eigenvalue weighted by Crippen LogP contribution is -2.33. The zero-order valence-electron chi connectivity index (χ0n) is 20.3. The molecule has 11 heteroatoms. The summed E-state index contributed by atoms with van der Waals surface area (Å²) in [5.74, 6) is 0.155. The average Bonchev–Trinajstić information content (AvgIpc) is 3.58. The van der Waals surface area contributed by atoms with Crippen molar-refractivity contribution >= 4 is 17.1 Å². The molecule has 0 saturated carbocycles. The Hall–Kier alpha value is -3.68. The van der Waals surface area contributed by atoms with Gasteiger partial charge in [0, 0.05) is 43.6 Å². The molecule has 4 aromatic heterocycles. The third-order valence-electron chi connectivity index (χ3n) is 7.23. The molecule has 2 aliphatic rings. The second-order valence-corrected chi connectivity index (χ2v) is 9.86. The van der Waals surface area contributed by atoms with Gasteiger partial charge in [-0.15, -0.1) is 0 Å².